The molecule has 1 heterocycles. The maximum absolute atomic E-state index is 11.6. The molecular weight excluding hydrogens is 294 g/mol. The molecule has 0 spiro atoms. The van der Waals surface area contributed by atoms with E-state index in [9.17, 15) is 20.0 Å². The number of nitrogens with one attached hydrogen (secondary N) is 1. The predicted octanol–water partition coefficient (Wildman–Crippen LogP) is 1.67. The van der Waals surface area contributed by atoms with E-state index < -0.39 is 22.3 Å². The van der Waals surface area contributed by atoms with E-state index >= 15 is 0 Å². The summed E-state index contributed by atoms with van der Waals surface area (Å²) in [6.45, 7) is 0. The summed E-state index contributed by atoms with van der Waals surface area (Å²) >= 11 is 0. The topological polar surface area (TPSA) is 127 Å². The Bertz CT molecular complexity index is 724. The lowest BCUT2D eigenvalue weighted by molar-refractivity contribution is -0.386. The molecule has 0 aliphatic heterocycles. The van der Waals surface area contributed by atoms with E-state index in [1.54, 1.807) is 6.07 Å². The van der Waals surface area contributed by atoms with Gasteiger partial charge in [0.05, 0.1) is 24.5 Å². The number of ether oxygens (including phenoxy) is 1. The second-order valence-electron chi connectivity index (χ2n) is 4.02. The Hall–Kier alpha value is -3.36. The average Bonchev–Trinajstić information content (AvgIpc) is 3.02. The Balaban J connectivity index is 2.18. The first kappa shape index (κ1) is 15.0. The van der Waals surface area contributed by atoms with Gasteiger partial charge in [0, 0.05) is 11.6 Å². The summed E-state index contributed by atoms with van der Waals surface area (Å²) < 4.78 is 9.72. The van der Waals surface area contributed by atoms with Crippen LogP contribution in [0.5, 0.6) is 11.5 Å². The Morgan fingerprint density at radius 1 is 1.55 bits per heavy atom. The third-order valence-electron chi connectivity index (χ3n) is 2.62. The molecule has 0 unspecified atom stereocenters. The van der Waals surface area contributed by atoms with E-state index in [2.05, 4.69) is 10.5 Å². The largest absolute Gasteiger partial charge is 0.500 e. The van der Waals surface area contributed by atoms with Gasteiger partial charge in [0.2, 0.25) is 5.75 Å². The van der Waals surface area contributed by atoms with Gasteiger partial charge in [-0.25, -0.2) is 5.43 Å². The maximum Gasteiger partial charge on any atom is 0.315 e. The Labute approximate surface area is 124 Å². The van der Waals surface area contributed by atoms with Crippen LogP contribution in [-0.2, 0) is 0 Å². The van der Waals surface area contributed by atoms with Gasteiger partial charge >= 0.3 is 11.6 Å². The zero-order valence-electron chi connectivity index (χ0n) is 11.3. The molecule has 22 heavy (non-hydrogen) atoms. The molecule has 1 amide bonds. The molecule has 0 fully saturated rings. The number of phenols is 1. The number of aromatic hydroxyl groups is 1. The van der Waals surface area contributed by atoms with Crippen LogP contribution in [0.3, 0.4) is 0 Å². The monoisotopic (exact) mass is 305 g/mol. The molecule has 0 aliphatic rings. The van der Waals surface area contributed by atoms with Gasteiger partial charge in [0.1, 0.15) is 0 Å². The molecule has 0 aliphatic carbocycles. The van der Waals surface area contributed by atoms with Gasteiger partial charge < -0.3 is 14.3 Å². The van der Waals surface area contributed by atoms with E-state index in [1.165, 1.54) is 31.7 Å². The normalized spacial score (nSPS) is 10.6. The van der Waals surface area contributed by atoms with Crippen molar-refractivity contribution in [3.8, 4) is 11.5 Å². The van der Waals surface area contributed by atoms with E-state index in [0.29, 0.717) is 0 Å². The summed E-state index contributed by atoms with van der Waals surface area (Å²) in [5.74, 6) is -1.15. The number of nitro groups is 1. The molecule has 9 heteroatoms. The van der Waals surface area contributed by atoms with E-state index in [1.807, 2.05) is 0 Å². The predicted molar refractivity (Wildman–Crippen MR) is 75.1 cm³/mol. The number of nitrogens with zero attached hydrogens (tertiary/aromatic N) is 2. The van der Waals surface area contributed by atoms with Crippen LogP contribution in [0, 0.1) is 10.1 Å². The number of benzene rings is 1. The highest BCUT2D eigenvalue weighted by molar-refractivity contribution is 5.92. The summed E-state index contributed by atoms with van der Waals surface area (Å²) in [5.41, 5.74) is 1.93. The van der Waals surface area contributed by atoms with E-state index in [-0.39, 0.29) is 17.1 Å². The van der Waals surface area contributed by atoms with Crippen LogP contribution in [0.2, 0.25) is 0 Å². The summed E-state index contributed by atoms with van der Waals surface area (Å²) in [7, 11) is 1.26. The summed E-state index contributed by atoms with van der Waals surface area (Å²) in [4.78, 5) is 21.6. The lowest BCUT2D eigenvalue weighted by atomic mass is 10.2. The highest BCUT2D eigenvalue weighted by atomic mass is 16.6. The molecule has 1 aromatic carbocycles. The standard InChI is InChI=1S/C13H11N3O6/c1-21-11-6-8(5-9(12(11)17)16(19)20)7-14-15-13(18)10-3-2-4-22-10/h2-7,17H,1H3,(H,15,18)/b14-7+. The molecule has 2 N–H and O–H groups in total. The molecule has 0 atom stereocenters. The first-order valence-corrected chi connectivity index (χ1v) is 5.95. The SMILES string of the molecule is COc1cc(/C=N/NC(=O)c2ccco2)cc([N+](=O)[O-])c1O. The number of nitro benzene ring substituents is 1. The van der Waals surface area contributed by atoms with Gasteiger partial charge in [-0.1, -0.05) is 0 Å². The van der Waals surface area contributed by atoms with Gasteiger partial charge in [0.15, 0.2) is 11.5 Å². The number of carbonyl (C=O) groups excluding carboxylic acids is 1. The molecule has 114 valence electrons. The smallest absolute Gasteiger partial charge is 0.315 e. The molecule has 1 aromatic heterocycles. The number of hydrazone groups is 1. The van der Waals surface area contributed by atoms with Crippen molar-refractivity contribution in [2.45, 2.75) is 0 Å². The van der Waals surface area contributed by atoms with Gasteiger partial charge in [-0.2, -0.15) is 5.10 Å². The number of methoxy groups -OCH3 is 1. The van der Waals surface area contributed by atoms with Crippen molar-refractivity contribution in [3.05, 3.63) is 52.0 Å². The van der Waals surface area contributed by atoms with Crippen LogP contribution >= 0.6 is 0 Å². The summed E-state index contributed by atoms with van der Waals surface area (Å²) in [6, 6.07) is 5.44. The highest BCUT2D eigenvalue weighted by Crippen LogP contribution is 2.36. The Morgan fingerprint density at radius 2 is 2.32 bits per heavy atom. The molecule has 2 rings (SSSR count). The van der Waals surface area contributed by atoms with Crippen molar-refractivity contribution in [1.29, 1.82) is 0 Å². The van der Waals surface area contributed by atoms with Crippen molar-refractivity contribution < 1.29 is 24.0 Å². The fourth-order valence-electron chi connectivity index (χ4n) is 1.61. The van der Waals surface area contributed by atoms with E-state index in [0.717, 1.165) is 6.07 Å². The number of hydrogen-bond donors (Lipinski definition) is 2. The van der Waals surface area contributed by atoms with Crippen LogP contribution in [0.25, 0.3) is 0 Å². The van der Waals surface area contributed by atoms with Crippen LogP contribution in [0.4, 0.5) is 5.69 Å². The van der Waals surface area contributed by atoms with Gasteiger partial charge in [-0.05, 0) is 18.2 Å². The summed E-state index contributed by atoms with van der Waals surface area (Å²) in [5, 5.41) is 24.1. The lowest BCUT2D eigenvalue weighted by Crippen LogP contribution is -2.16. The van der Waals surface area contributed by atoms with Crippen LogP contribution < -0.4 is 10.2 Å². The molecule has 0 saturated carbocycles. The van der Waals surface area contributed by atoms with Crippen molar-refractivity contribution in [2.24, 2.45) is 5.10 Å². The Morgan fingerprint density at radius 3 is 2.91 bits per heavy atom. The number of rotatable bonds is 5. The highest BCUT2D eigenvalue weighted by Gasteiger charge is 2.19. The number of amides is 1. The number of carbonyl (C=O) groups is 1. The molecule has 0 radical (unpaired) electrons. The first-order chi connectivity index (χ1) is 10.5. The zero-order chi connectivity index (χ0) is 16.1. The second kappa shape index (κ2) is 6.39. The molecule has 9 nitrogen and oxygen atoms in total. The minimum atomic E-state index is -0.753. The summed E-state index contributed by atoms with van der Waals surface area (Å²) in [6.07, 6.45) is 2.52. The minimum absolute atomic E-state index is 0.0754. The Kier molecular flexibility index (Phi) is 4.37. The van der Waals surface area contributed by atoms with Crippen LogP contribution in [-0.4, -0.2) is 29.3 Å². The van der Waals surface area contributed by atoms with Crippen LogP contribution in [0.1, 0.15) is 16.1 Å². The third-order valence-corrected chi connectivity index (χ3v) is 2.62. The quantitative estimate of drug-likeness (QED) is 0.491. The van der Waals surface area contributed by atoms with Crippen molar-refractivity contribution in [3.63, 3.8) is 0 Å². The van der Waals surface area contributed by atoms with E-state index in [4.69, 9.17) is 9.15 Å². The average molecular weight is 305 g/mol. The third kappa shape index (κ3) is 3.20. The molecule has 0 saturated heterocycles. The first-order valence-electron chi connectivity index (χ1n) is 5.95. The second-order valence-corrected chi connectivity index (χ2v) is 4.02. The zero-order valence-corrected chi connectivity index (χ0v) is 11.3. The maximum atomic E-state index is 11.6. The van der Waals surface area contributed by atoms with Crippen molar-refractivity contribution >= 4 is 17.8 Å². The van der Waals surface area contributed by atoms with Crippen LogP contribution in [0.15, 0.2) is 40.0 Å². The van der Waals surface area contributed by atoms with Gasteiger partial charge in [-0.15, -0.1) is 0 Å². The molecular formula is C13H11N3O6. The lowest BCUT2D eigenvalue weighted by Gasteiger charge is -2.05. The van der Waals surface area contributed by atoms with Gasteiger partial charge in [-0.3, -0.25) is 14.9 Å². The fourth-order valence-corrected chi connectivity index (χ4v) is 1.61. The number of furan rings is 1. The molecule has 2 aromatic rings. The van der Waals surface area contributed by atoms with Crippen molar-refractivity contribution in [2.75, 3.05) is 7.11 Å². The molecule has 0 bridgehead atoms. The minimum Gasteiger partial charge on any atom is -0.500 e. The fraction of sp³-hybridized carbons (Fsp3) is 0.0769. The van der Waals surface area contributed by atoms with Gasteiger partial charge in [0.25, 0.3) is 0 Å². The number of hydrogen-bond acceptors (Lipinski definition) is 7. The van der Waals surface area contributed by atoms with Crippen molar-refractivity contribution in [1.82, 2.24) is 5.43 Å². The number of phenolic OH excluding ortho intramolecular Hbond substituents is 1.